The molecular weight excluding hydrogens is 418 g/mol. The highest BCUT2D eigenvalue weighted by Crippen LogP contribution is 2.56. The second-order valence-electron chi connectivity index (χ2n) is 5.23. The summed E-state index contributed by atoms with van der Waals surface area (Å²) >= 11 is 11.8. The van der Waals surface area contributed by atoms with Gasteiger partial charge in [0.25, 0.3) is 0 Å². The van der Waals surface area contributed by atoms with Crippen LogP contribution in [-0.2, 0) is 18.6 Å². The van der Waals surface area contributed by atoms with Gasteiger partial charge in [-0.15, -0.1) is 0 Å². The van der Waals surface area contributed by atoms with Crippen LogP contribution in [0, 0.1) is 0 Å². The molecule has 2 atom stereocenters. The van der Waals surface area contributed by atoms with E-state index < -0.39 is 26.0 Å². The van der Waals surface area contributed by atoms with Crippen molar-refractivity contribution in [1.82, 2.24) is 0 Å². The zero-order valence-electron chi connectivity index (χ0n) is 14.4. The molecule has 0 aliphatic carbocycles. The first kappa shape index (κ1) is 21.5. The molecule has 146 valence electrons. The summed E-state index contributed by atoms with van der Waals surface area (Å²) in [5, 5.41) is 0.627. The number of esters is 1. The van der Waals surface area contributed by atoms with Gasteiger partial charge in [-0.2, -0.15) is 0 Å². The normalized spacial score (nSPS) is 14.1. The molecule has 0 aliphatic heterocycles. The molecule has 0 radical (unpaired) electrons. The van der Waals surface area contributed by atoms with Crippen LogP contribution >= 0.6 is 30.8 Å². The number of carbonyl (C=O) groups is 1. The third-order valence-electron chi connectivity index (χ3n) is 3.44. The fraction of sp³-hybridized carbons (Fsp3) is 0.235. The first-order chi connectivity index (χ1) is 12.8. The molecule has 0 heterocycles. The Morgan fingerprint density at radius 3 is 2.37 bits per heavy atom. The highest BCUT2D eigenvalue weighted by Gasteiger charge is 2.36. The molecule has 0 aromatic heterocycles. The fourth-order valence-corrected chi connectivity index (χ4v) is 3.53. The van der Waals surface area contributed by atoms with Crippen molar-refractivity contribution in [2.45, 2.75) is 5.85 Å². The maximum atomic E-state index is 12.3. The Morgan fingerprint density at radius 1 is 1.15 bits per heavy atom. The molecule has 2 aromatic rings. The molecule has 2 unspecified atom stereocenters. The number of hydrogen-bond acceptors (Lipinski definition) is 6. The van der Waals surface area contributed by atoms with Gasteiger partial charge in [-0.1, -0.05) is 35.3 Å². The summed E-state index contributed by atoms with van der Waals surface area (Å²) in [6.45, 7) is -0.530. The van der Waals surface area contributed by atoms with E-state index in [9.17, 15) is 14.3 Å². The van der Waals surface area contributed by atoms with E-state index >= 15 is 0 Å². The van der Waals surface area contributed by atoms with E-state index in [-0.39, 0.29) is 16.3 Å². The molecule has 0 amide bonds. The van der Waals surface area contributed by atoms with Crippen LogP contribution < -0.4 is 9.47 Å². The smallest absolute Gasteiger partial charge is 0.372 e. The molecule has 2 aromatic carbocycles. The van der Waals surface area contributed by atoms with Crippen molar-refractivity contribution in [3.63, 3.8) is 0 Å². The molecule has 0 saturated heterocycles. The van der Waals surface area contributed by atoms with Crippen LogP contribution in [0.1, 0.15) is 11.4 Å². The van der Waals surface area contributed by atoms with Crippen LogP contribution in [0.3, 0.4) is 0 Å². The van der Waals surface area contributed by atoms with E-state index in [0.29, 0.717) is 10.8 Å². The van der Waals surface area contributed by atoms with Crippen LogP contribution in [0.15, 0.2) is 42.5 Å². The Morgan fingerprint density at radius 2 is 1.81 bits per heavy atom. The maximum Gasteiger partial charge on any atom is 0.372 e. The largest absolute Gasteiger partial charge is 0.497 e. The highest BCUT2D eigenvalue weighted by molar-refractivity contribution is 7.53. The van der Waals surface area contributed by atoms with Crippen molar-refractivity contribution in [2.24, 2.45) is 0 Å². The lowest BCUT2D eigenvalue weighted by Gasteiger charge is -2.22. The van der Waals surface area contributed by atoms with Gasteiger partial charge in [0.15, 0.2) is 6.61 Å². The van der Waals surface area contributed by atoms with E-state index in [1.807, 2.05) is 0 Å². The van der Waals surface area contributed by atoms with E-state index in [2.05, 4.69) is 4.52 Å². The minimum Gasteiger partial charge on any atom is -0.497 e. The second-order valence-corrected chi connectivity index (χ2v) is 8.03. The van der Waals surface area contributed by atoms with Crippen molar-refractivity contribution in [2.75, 3.05) is 20.8 Å². The Bertz CT molecular complexity index is 842. The Labute approximate surface area is 166 Å². The van der Waals surface area contributed by atoms with E-state index in [0.717, 1.165) is 7.11 Å². The molecule has 1 N–H and O–H groups in total. The minimum absolute atomic E-state index is 0.215. The molecule has 0 bridgehead atoms. The molecule has 0 spiro atoms. The number of methoxy groups -OCH3 is 1. The number of carbonyl (C=O) groups excluding carboxylic acids is 1. The first-order valence-corrected chi connectivity index (χ1v) is 9.96. The summed E-state index contributed by atoms with van der Waals surface area (Å²) in [6, 6.07) is 10.6. The predicted octanol–water partition coefficient (Wildman–Crippen LogP) is 4.45. The zero-order valence-corrected chi connectivity index (χ0v) is 16.8. The van der Waals surface area contributed by atoms with Gasteiger partial charge in [0, 0.05) is 17.7 Å². The SMILES string of the molecule is COc1ccc(C(OC(=O)COc2ccc(Cl)cc2Cl)P(=O)(O)OC)cc1. The van der Waals surface area contributed by atoms with Gasteiger partial charge in [0.1, 0.15) is 11.5 Å². The molecule has 0 saturated carbocycles. The standard InChI is InChI=1S/C17H17Cl2O7P/c1-23-13-6-3-11(4-7-13)17(27(21,22)24-2)26-16(20)10-25-15-8-5-12(18)9-14(15)19/h3-9,17H,10H2,1-2H3,(H,21,22). The molecule has 2 rings (SSSR count). The van der Waals surface area contributed by atoms with Crippen LogP contribution in [0.5, 0.6) is 11.5 Å². The Hall–Kier alpha value is -1.76. The Balaban J connectivity index is 2.12. The van der Waals surface area contributed by atoms with Crippen molar-refractivity contribution >= 4 is 36.8 Å². The lowest BCUT2D eigenvalue weighted by molar-refractivity contribution is -0.149. The number of ether oxygens (including phenoxy) is 3. The predicted molar refractivity (Wildman–Crippen MR) is 101 cm³/mol. The average molecular weight is 435 g/mol. The van der Waals surface area contributed by atoms with Crippen molar-refractivity contribution in [1.29, 1.82) is 0 Å². The van der Waals surface area contributed by atoms with Gasteiger partial charge < -0.3 is 23.6 Å². The lowest BCUT2D eigenvalue weighted by atomic mass is 10.2. The summed E-state index contributed by atoms with van der Waals surface area (Å²) in [4.78, 5) is 22.2. The third kappa shape index (κ3) is 5.86. The molecule has 0 aliphatic rings. The van der Waals surface area contributed by atoms with Crippen LogP contribution in [0.2, 0.25) is 10.0 Å². The summed E-state index contributed by atoms with van der Waals surface area (Å²) < 4.78 is 32.4. The number of benzene rings is 2. The van der Waals surface area contributed by atoms with Gasteiger partial charge >= 0.3 is 13.6 Å². The molecular formula is C17H17Cl2O7P. The van der Waals surface area contributed by atoms with Crippen molar-refractivity contribution < 1.29 is 33.0 Å². The summed E-state index contributed by atoms with van der Waals surface area (Å²) in [6.07, 6.45) is 0. The zero-order chi connectivity index (χ0) is 20.0. The molecule has 7 nitrogen and oxygen atoms in total. The monoisotopic (exact) mass is 434 g/mol. The van der Waals surface area contributed by atoms with Crippen LogP contribution in [0.25, 0.3) is 0 Å². The quantitative estimate of drug-likeness (QED) is 0.484. The minimum atomic E-state index is -4.28. The summed E-state index contributed by atoms with van der Waals surface area (Å²) in [7, 11) is -1.74. The number of rotatable bonds is 8. The van der Waals surface area contributed by atoms with Gasteiger partial charge in [0.05, 0.1) is 12.1 Å². The van der Waals surface area contributed by atoms with Gasteiger partial charge in [-0.05, 0) is 30.3 Å². The molecule has 10 heteroatoms. The third-order valence-corrected chi connectivity index (χ3v) is 5.49. The fourth-order valence-electron chi connectivity index (χ4n) is 2.07. The number of hydrogen-bond donors (Lipinski definition) is 1. The van der Waals surface area contributed by atoms with Crippen molar-refractivity contribution in [3.8, 4) is 11.5 Å². The van der Waals surface area contributed by atoms with Crippen LogP contribution in [0.4, 0.5) is 0 Å². The summed E-state index contributed by atoms with van der Waals surface area (Å²) in [5.74, 6) is -1.65. The molecule has 0 fully saturated rings. The van der Waals surface area contributed by atoms with Crippen LogP contribution in [-0.4, -0.2) is 31.7 Å². The van der Waals surface area contributed by atoms with Gasteiger partial charge in [-0.3, -0.25) is 4.57 Å². The average Bonchev–Trinajstić information content (AvgIpc) is 2.65. The van der Waals surface area contributed by atoms with E-state index in [1.165, 1.54) is 31.4 Å². The topological polar surface area (TPSA) is 91.3 Å². The second kappa shape index (κ2) is 9.44. The lowest BCUT2D eigenvalue weighted by Crippen LogP contribution is -2.19. The van der Waals surface area contributed by atoms with Gasteiger partial charge in [-0.25, -0.2) is 4.79 Å². The number of halogens is 2. The van der Waals surface area contributed by atoms with E-state index in [4.69, 9.17) is 37.4 Å². The van der Waals surface area contributed by atoms with Crippen molar-refractivity contribution in [3.05, 3.63) is 58.1 Å². The van der Waals surface area contributed by atoms with Gasteiger partial charge in [0.2, 0.25) is 5.85 Å². The highest BCUT2D eigenvalue weighted by atomic mass is 35.5. The molecule has 27 heavy (non-hydrogen) atoms. The summed E-state index contributed by atoms with van der Waals surface area (Å²) in [5.41, 5.74) is 0.265. The maximum absolute atomic E-state index is 12.3. The first-order valence-electron chi connectivity index (χ1n) is 7.56. The Kier molecular flexibility index (Phi) is 7.53. The van der Waals surface area contributed by atoms with E-state index in [1.54, 1.807) is 18.2 Å².